The maximum atomic E-state index is 12.7. The summed E-state index contributed by atoms with van der Waals surface area (Å²) in [5.74, 6) is -2.94. The van der Waals surface area contributed by atoms with Crippen molar-refractivity contribution < 1.29 is 95.8 Å². The van der Waals surface area contributed by atoms with E-state index in [4.69, 9.17) is 15.3 Å². The summed E-state index contributed by atoms with van der Waals surface area (Å²) in [6.07, 6.45) is 0. The Morgan fingerprint density at radius 2 is 2.16 bits per heavy atom. The molecule has 1 fully saturated rings. The Labute approximate surface area is 240 Å². The number of β-lactam (4-membered cyclic amide) rings is 1. The molecule has 3 heterocycles. The van der Waals surface area contributed by atoms with Crippen molar-refractivity contribution in [3.63, 3.8) is 0 Å². The largest absolute Gasteiger partial charge is 1.00 e. The number of aromatic nitrogens is 1. The van der Waals surface area contributed by atoms with E-state index in [0.717, 1.165) is 4.90 Å². The van der Waals surface area contributed by atoms with Crippen LogP contribution in [-0.2, 0) is 28.8 Å². The number of nitrogens with zero attached hydrogens (tertiary/aromatic N) is 3. The van der Waals surface area contributed by atoms with Crippen LogP contribution < -0.4 is 70.2 Å². The Hall–Kier alpha value is -0.831. The normalized spacial score (nSPS) is 19.6. The Morgan fingerprint density at radius 3 is 2.69 bits per heavy atom. The van der Waals surface area contributed by atoms with Crippen LogP contribution in [0.15, 0.2) is 21.4 Å². The molecule has 0 radical (unpaired) electrons. The van der Waals surface area contributed by atoms with Crippen molar-refractivity contribution in [2.24, 2.45) is 5.16 Å². The molecule has 4 N–H and O–H groups in total. The van der Waals surface area contributed by atoms with Crippen molar-refractivity contribution in [2.45, 2.75) is 18.3 Å². The Balaban J connectivity index is 0. The SMILES string of the molecule is CO/N=C(\C(=O)N[C@@H]1C(=O)N2C(C(=O)O)=C(COC(C)=O)CS[C@H]12)c1c[se]c(N)n1.[H-].[H-].[Na+].[Na+]. The van der Waals surface area contributed by atoms with Gasteiger partial charge in [-0.1, -0.05) is 0 Å². The number of oxime groups is 1. The van der Waals surface area contributed by atoms with Gasteiger partial charge in [0.05, 0.1) is 0 Å². The van der Waals surface area contributed by atoms with E-state index >= 15 is 0 Å². The van der Waals surface area contributed by atoms with Crippen molar-refractivity contribution in [1.82, 2.24) is 15.2 Å². The molecular formula is C16H19N5Na2O7SSe. The van der Waals surface area contributed by atoms with Crippen LogP contribution in [0.1, 0.15) is 15.5 Å². The number of rotatable bonds is 7. The first-order valence-corrected chi connectivity index (χ1v) is 11.3. The zero-order valence-corrected chi connectivity index (χ0v) is 24.3. The zero-order chi connectivity index (χ0) is 22.0. The van der Waals surface area contributed by atoms with E-state index in [-0.39, 0.29) is 106 Å². The molecule has 0 saturated carbocycles. The average Bonchev–Trinajstić information content (AvgIpc) is 3.13. The van der Waals surface area contributed by atoms with Gasteiger partial charge in [-0.15, -0.1) is 0 Å². The second-order valence-corrected chi connectivity index (χ2v) is 9.06. The Kier molecular flexibility index (Phi) is 11.5. The molecule has 1 aromatic heterocycles. The van der Waals surface area contributed by atoms with Gasteiger partial charge in [-0.25, -0.2) is 0 Å². The van der Waals surface area contributed by atoms with Gasteiger partial charge in [-0.05, 0) is 0 Å². The average molecular weight is 550 g/mol. The molecular weight excluding hydrogens is 531 g/mol. The molecule has 2 atom stereocenters. The summed E-state index contributed by atoms with van der Waals surface area (Å²) in [6.45, 7) is 0.981. The number of fused-ring (bicyclic) bond motifs is 1. The number of nitrogens with two attached hydrogens (primary N) is 1. The second kappa shape index (κ2) is 12.6. The number of carboxylic acid groups (broad SMARTS) is 1. The van der Waals surface area contributed by atoms with Crippen molar-refractivity contribution in [3.05, 3.63) is 21.9 Å². The minimum Gasteiger partial charge on any atom is -1.00 e. The van der Waals surface area contributed by atoms with Crippen molar-refractivity contribution >= 4 is 60.4 Å². The van der Waals surface area contributed by atoms with Crippen LogP contribution in [-0.4, -0.2) is 89.8 Å². The molecule has 0 unspecified atom stereocenters. The summed E-state index contributed by atoms with van der Waals surface area (Å²) in [7, 11) is 1.27. The molecule has 0 spiro atoms. The van der Waals surface area contributed by atoms with Crippen molar-refractivity contribution in [3.8, 4) is 0 Å². The quantitative estimate of drug-likeness (QED) is 0.0974. The third-order valence-electron chi connectivity index (χ3n) is 4.15. The van der Waals surface area contributed by atoms with Crippen molar-refractivity contribution in [2.75, 3.05) is 25.2 Å². The standard InChI is InChI=1S/C16H17N5O7SSe.2Na.2H/c1-6(22)28-3-7-4-29-14-10(13(24)21(14)11(7)15(25)26)19-12(23)9(20-27-2)8-5-30-16(17)18-8;;;;/h5,10,14H,3-4H2,1-2H3,(H2,17,18)(H,19,23)(H,25,26);;;;/q;2*+1;2*-1/b20-9-;;;;/t10-,14-;;;;/m1..../s1. The second-order valence-electron chi connectivity index (χ2n) is 6.09. The summed E-state index contributed by atoms with van der Waals surface area (Å²) in [5, 5.41) is 15.2. The summed E-state index contributed by atoms with van der Waals surface area (Å²) in [4.78, 5) is 59.6. The summed E-state index contributed by atoms with van der Waals surface area (Å²) < 4.78 is 5.26. The summed E-state index contributed by atoms with van der Waals surface area (Å²) in [5.41, 5.74) is 5.84. The number of amides is 2. The first-order valence-electron chi connectivity index (χ1n) is 8.41. The van der Waals surface area contributed by atoms with Gasteiger partial charge in [0.2, 0.25) is 0 Å². The summed E-state index contributed by atoms with van der Waals surface area (Å²) in [6, 6.07) is -0.956. The third-order valence-corrected chi connectivity index (χ3v) is 6.90. The van der Waals surface area contributed by atoms with E-state index in [1.807, 2.05) is 0 Å². The van der Waals surface area contributed by atoms with Crippen LogP contribution in [0.25, 0.3) is 0 Å². The van der Waals surface area contributed by atoms with E-state index in [9.17, 15) is 24.3 Å². The van der Waals surface area contributed by atoms with Crippen LogP contribution in [0.4, 0.5) is 4.69 Å². The Bertz CT molecular complexity index is 997. The number of nitrogens with one attached hydrogen (secondary N) is 1. The molecule has 2 amide bonds. The number of hydrogen-bond donors (Lipinski definition) is 3. The van der Waals surface area contributed by atoms with Gasteiger partial charge >= 0.3 is 227 Å². The smallest absolute Gasteiger partial charge is 1.00 e. The molecule has 0 aromatic carbocycles. The monoisotopic (exact) mass is 551 g/mol. The zero-order valence-electron chi connectivity index (χ0n) is 19.8. The first kappa shape index (κ1) is 29.2. The van der Waals surface area contributed by atoms with Crippen LogP contribution in [0.3, 0.4) is 0 Å². The topological polar surface area (TPSA) is 174 Å². The molecule has 1 aromatic rings. The molecule has 16 heteroatoms. The fourth-order valence-electron chi connectivity index (χ4n) is 2.88. The number of hydrogen-bond acceptors (Lipinski definition) is 10. The number of anilines is 1. The van der Waals surface area contributed by atoms with Crippen molar-refractivity contribution in [1.29, 1.82) is 0 Å². The molecule has 32 heavy (non-hydrogen) atoms. The molecule has 1 saturated heterocycles. The predicted molar refractivity (Wildman–Crippen MR) is 108 cm³/mol. The van der Waals surface area contributed by atoms with Gasteiger partial charge in [-0.3, -0.25) is 4.79 Å². The number of aliphatic carboxylic acids is 1. The van der Waals surface area contributed by atoms with E-state index in [0.29, 0.717) is 10.3 Å². The fourth-order valence-corrected chi connectivity index (χ4v) is 5.36. The molecule has 0 bridgehead atoms. The Morgan fingerprint density at radius 1 is 1.47 bits per heavy atom. The van der Waals surface area contributed by atoms with Crippen LogP contribution in [0.5, 0.6) is 0 Å². The fraction of sp³-hybridized carbons (Fsp3) is 0.375. The molecule has 12 nitrogen and oxygen atoms in total. The minimum atomic E-state index is -1.31. The van der Waals surface area contributed by atoms with Gasteiger partial charge in [0.15, 0.2) is 0 Å². The van der Waals surface area contributed by atoms with Crippen LogP contribution >= 0.6 is 11.8 Å². The number of esters is 1. The first-order chi connectivity index (χ1) is 14.2. The molecule has 164 valence electrons. The third kappa shape index (κ3) is 6.19. The minimum absolute atomic E-state index is 0. The summed E-state index contributed by atoms with van der Waals surface area (Å²) >= 11 is 1.05. The maximum Gasteiger partial charge on any atom is 1.00 e. The number of carboxylic acids is 1. The number of ether oxygens (including phenoxy) is 1. The van der Waals surface area contributed by atoms with Gasteiger partial charge < -0.3 is 2.85 Å². The van der Waals surface area contributed by atoms with E-state index in [1.165, 1.54) is 25.8 Å². The van der Waals surface area contributed by atoms with E-state index in [2.05, 4.69) is 15.5 Å². The van der Waals surface area contributed by atoms with E-state index < -0.39 is 35.2 Å². The van der Waals surface area contributed by atoms with Gasteiger partial charge in [-0.2, -0.15) is 0 Å². The van der Waals surface area contributed by atoms with E-state index in [1.54, 1.807) is 4.94 Å². The van der Waals surface area contributed by atoms with Crippen LogP contribution in [0, 0.1) is 0 Å². The number of thioether (sulfide) groups is 1. The number of carbonyl (C=O) groups is 4. The number of carbonyl (C=O) groups excluding carboxylic acids is 3. The molecule has 2 aliphatic heterocycles. The molecule has 0 aliphatic carbocycles. The van der Waals surface area contributed by atoms with Gasteiger partial charge in [0.1, 0.15) is 0 Å². The molecule has 2 aliphatic rings. The van der Waals surface area contributed by atoms with Gasteiger partial charge in [0, 0.05) is 6.92 Å². The maximum absolute atomic E-state index is 12.7. The number of nitrogen functional groups attached to an aromatic ring is 1. The predicted octanol–water partition coefficient (Wildman–Crippen LogP) is -7.39. The van der Waals surface area contributed by atoms with Gasteiger partial charge in [0.25, 0.3) is 0 Å². The van der Waals surface area contributed by atoms with Crippen LogP contribution in [0.2, 0.25) is 0 Å². The molecule has 3 rings (SSSR count).